The number of nitrogens with zero attached hydrogens (tertiary/aromatic N) is 2. The highest BCUT2D eigenvalue weighted by Gasteiger charge is 2.05. The van der Waals surface area contributed by atoms with Crippen LogP contribution in [0.3, 0.4) is 0 Å². The summed E-state index contributed by atoms with van der Waals surface area (Å²) in [5.41, 5.74) is 0. The highest BCUT2D eigenvalue weighted by atomic mass is 16.1. The van der Waals surface area contributed by atoms with E-state index in [9.17, 15) is 4.79 Å². The maximum atomic E-state index is 11.2. The first-order chi connectivity index (χ1) is 5.84. The fraction of sp³-hybridized carbons (Fsp3) is 0.222. The summed E-state index contributed by atoms with van der Waals surface area (Å²) in [4.78, 5) is 18.9. The molecular formula is C9H10N2O. The molecule has 1 rings (SSSR count). The van der Waals surface area contributed by atoms with Gasteiger partial charge in [0, 0.05) is 18.8 Å². The van der Waals surface area contributed by atoms with E-state index in [4.69, 9.17) is 0 Å². The Balaban J connectivity index is 2.59. The Bertz CT molecular complexity index is 269. The minimum Gasteiger partial charge on any atom is -0.291 e. The van der Waals surface area contributed by atoms with Crippen molar-refractivity contribution in [1.29, 1.82) is 0 Å². The van der Waals surface area contributed by atoms with E-state index in [1.165, 1.54) is 0 Å². The molecule has 0 radical (unpaired) electrons. The molecule has 0 fully saturated rings. The monoisotopic (exact) mass is 162 g/mol. The predicted octanol–water partition coefficient (Wildman–Crippen LogP) is 1.63. The number of rotatable bonds is 4. The summed E-state index contributed by atoms with van der Waals surface area (Å²) >= 11 is 0. The number of aromatic nitrogens is 2. The fourth-order valence-electron chi connectivity index (χ4n) is 0.788. The molecule has 0 aliphatic heterocycles. The van der Waals surface area contributed by atoms with Gasteiger partial charge >= 0.3 is 0 Å². The van der Waals surface area contributed by atoms with Crippen LogP contribution in [0.15, 0.2) is 31.1 Å². The minimum atomic E-state index is -0.0319. The van der Waals surface area contributed by atoms with Crippen LogP contribution in [0.25, 0.3) is 0 Å². The molecule has 0 aliphatic carbocycles. The summed E-state index contributed by atoms with van der Waals surface area (Å²) in [6, 6.07) is 1.68. The van der Waals surface area contributed by atoms with Crippen LogP contribution < -0.4 is 0 Å². The molecule has 0 aromatic carbocycles. The first-order valence-electron chi connectivity index (χ1n) is 3.75. The first-order valence-corrected chi connectivity index (χ1v) is 3.75. The second-order valence-corrected chi connectivity index (χ2v) is 2.32. The van der Waals surface area contributed by atoms with E-state index in [1.807, 2.05) is 0 Å². The van der Waals surface area contributed by atoms with Gasteiger partial charge in [-0.1, -0.05) is 6.08 Å². The van der Waals surface area contributed by atoms with Crippen LogP contribution in [-0.2, 0) is 0 Å². The summed E-state index contributed by atoms with van der Waals surface area (Å²) in [5.74, 6) is 0.259. The molecule has 0 spiro atoms. The van der Waals surface area contributed by atoms with E-state index in [0.29, 0.717) is 18.7 Å². The van der Waals surface area contributed by atoms with Gasteiger partial charge < -0.3 is 0 Å². The number of allylic oxidation sites excluding steroid dienone is 1. The van der Waals surface area contributed by atoms with Gasteiger partial charge in [-0.3, -0.25) is 4.79 Å². The van der Waals surface area contributed by atoms with Gasteiger partial charge in [0.1, 0.15) is 0 Å². The average molecular weight is 162 g/mol. The maximum absolute atomic E-state index is 11.2. The highest BCUT2D eigenvalue weighted by Crippen LogP contribution is 1.98. The number of hydrogen-bond donors (Lipinski definition) is 0. The number of carbonyl (C=O) groups is 1. The lowest BCUT2D eigenvalue weighted by Gasteiger charge is -1.94. The maximum Gasteiger partial charge on any atom is 0.200 e. The second-order valence-electron chi connectivity index (χ2n) is 2.32. The number of hydrogen-bond acceptors (Lipinski definition) is 3. The van der Waals surface area contributed by atoms with Gasteiger partial charge in [0.15, 0.2) is 11.6 Å². The van der Waals surface area contributed by atoms with Crippen LogP contribution in [0.2, 0.25) is 0 Å². The Morgan fingerprint density at radius 2 is 2.17 bits per heavy atom. The molecule has 0 N–H and O–H groups in total. The van der Waals surface area contributed by atoms with Crippen molar-refractivity contribution in [3.63, 3.8) is 0 Å². The number of carbonyl (C=O) groups excluding carboxylic acids is 1. The zero-order chi connectivity index (χ0) is 8.81. The molecule has 1 aromatic rings. The molecule has 0 saturated carbocycles. The van der Waals surface area contributed by atoms with Crippen molar-refractivity contribution in [2.24, 2.45) is 0 Å². The van der Waals surface area contributed by atoms with Gasteiger partial charge in [-0.15, -0.1) is 6.58 Å². The summed E-state index contributed by atoms with van der Waals surface area (Å²) in [6.07, 6.45) is 5.95. The van der Waals surface area contributed by atoms with Gasteiger partial charge in [0.05, 0.1) is 0 Å². The van der Waals surface area contributed by atoms with Crippen molar-refractivity contribution in [2.75, 3.05) is 0 Å². The predicted molar refractivity (Wildman–Crippen MR) is 45.8 cm³/mol. The second kappa shape index (κ2) is 4.38. The van der Waals surface area contributed by atoms with Crippen LogP contribution >= 0.6 is 0 Å². The molecule has 1 heterocycles. The zero-order valence-corrected chi connectivity index (χ0v) is 6.73. The van der Waals surface area contributed by atoms with Crippen LogP contribution in [-0.4, -0.2) is 15.8 Å². The van der Waals surface area contributed by atoms with Crippen LogP contribution in [0, 0.1) is 0 Å². The fourth-order valence-corrected chi connectivity index (χ4v) is 0.788. The molecule has 12 heavy (non-hydrogen) atoms. The Hall–Kier alpha value is -1.51. The van der Waals surface area contributed by atoms with Crippen LogP contribution in [0.4, 0.5) is 0 Å². The number of Topliss-reactive ketones (excluding diaryl/α,β-unsaturated/α-hetero) is 1. The van der Waals surface area contributed by atoms with Gasteiger partial charge in [-0.05, 0) is 12.5 Å². The topological polar surface area (TPSA) is 42.9 Å². The molecule has 0 bridgehead atoms. The zero-order valence-electron chi connectivity index (χ0n) is 6.73. The van der Waals surface area contributed by atoms with E-state index in [2.05, 4.69) is 16.5 Å². The van der Waals surface area contributed by atoms with Gasteiger partial charge in [0.2, 0.25) is 0 Å². The molecule has 3 heteroatoms. The van der Waals surface area contributed by atoms with E-state index in [-0.39, 0.29) is 5.78 Å². The largest absolute Gasteiger partial charge is 0.291 e. The van der Waals surface area contributed by atoms with Crippen molar-refractivity contribution >= 4 is 5.78 Å². The van der Waals surface area contributed by atoms with Crippen LogP contribution in [0.1, 0.15) is 23.5 Å². The molecular weight excluding hydrogens is 152 g/mol. The average Bonchev–Trinajstić information content (AvgIpc) is 2.15. The molecule has 0 aliphatic rings. The first kappa shape index (κ1) is 8.59. The number of ketones is 1. The van der Waals surface area contributed by atoms with Gasteiger partial charge in [0.25, 0.3) is 0 Å². The summed E-state index contributed by atoms with van der Waals surface area (Å²) in [6.45, 7) is 3.53. The lowest BCUT2D eigenvalue weighted by molar-refractivity contribution is 0.0973. The summed E-state index contributed by atoms with van der Waals surface area (Å²) < 4.78 is 0. The molecule has 0 saturated heterocycles. The Labute approximate surface area is 71.2 Å². The smallest absolute Gasteiger partial charge is 0.200 e. The third-order valence-electron chi connectivity index (χ3n) is 1.39. The van der Waals surface area contributed by atoms with E-state index >= 15 is 0 Å². The van der Waals surface area contributed by atoms with Crippen molar-refractivity contribution < 1.29 is 4.79 Å². The third-order valence-corrected chi connectivity index (χ3v) is 1.39. The van der Waals surface area contributed by atoms with Crippen molar-refractivity contribution in [2.45, 2.75) is 12.8 Å². The van der Waals surface area contributed by atoms with Crippen molar-refractivity contribution in [3.05, 3.63) is 36.9 Å². The Kier molecular flexibility index (Phi) is 3.14. The van der Waals surface area contributed by atoms with Gasteiger partial charge in [-0.25, -0.2) is 9.97 Å². The van der Waals surface area contributed by atoms with Gasteiger partial charge in [-0.2, -0.15) is 0 Å². The molecule has 1 aromatic heterocycles. The lowest BCUT2D eigenvalue weighted by atomic mass is 10.2. The Morgan fingerprint density at radius 1 is 1.50 bits per heavy atom. The quantitative estimate of drug-likeness (QED) is 0.499. The molecule has 0 unspecified atom stereocenters. The molecule has 0 atom stereocenters. The molecule has 62 valence electrons. The highest BCUT2D eigenvalue weighted by molar-refractivity contribution is 5.92. The van der Waals surface area contributed by atoms with Crippen molar-refractivity contribution in [1.82, 2.24) is 9.97 Å². The van der Waals surface area contributed by atoms with E-state index in [0.717, 1.165) is 0 Å². The molecule has 0 amide bonds. The Morgan fingerprint density at radius 3 is 2.75 bits per heavy atom. The summed E-state index contributed by atoms with van der Waals surface area (Å²) in [7, 11) is 0. The lowest BCUT2D eigenvalue weighted by Crippen LogP contribution is -2.03. The summed E-state index contributed by atoms with van der Waals surface area (Å²) in [5, 5.41) is 0. The van der Waals surface area contributed by atoms with Crippen molar-refractivity contribution in [3.8, 4) is 0 Å². The van der Waals surface area contributed by atoms with E-state index < -0.39 is 0 Å². The van der Waals surface area contributed by atoms with E-state index in [1.54, 1.807) is 24.5 Å². The van der Waals surface area contributed by atoms with Crippen LogP contribution in [0.5, 0.6) is 0 Å². The molecule has 3 nitrogen and oxygen atoms in total. The normalized spacial score (nSPS) is 9.33. The standard InChI is InChI=1S/C9H10N2O/c1-2-3-5-8(12)9-10-6-4-7-11-9/h2,4,6-7H,1,3,5H2. The SMILES string of the molecule is C=CCCC(=O)c1ncccn1. The minimum absolute atomic E-state index is 0.0319. The third kappa shape index (κ3) is 2.27.